The molecule has 1 aliphatic carbocycles. The van der Waals surface area contributed by atoms with Crippen LogP contribution in [0.3, 0.4) is 0 Å². The third-order valence-electron chi connectivity index (χ3n) is 3.84. The fourth-order valence-electron chi connectivity index (χ4n) is 2.19. The maximum absolute atomic E-state index is 12.1. The molecule has 4 heteroatoms. The predicted molar refractivity (Wildman–Crippen MR) is 71.3 cm³/mol. The first kappa shape index (κ1) is 12.9. The molecule has 98 valence electrons. The van der Waals surface area contributed by atoms with E-state index in [1.807, 2.05) is 6.92 Å². The standard InChI is InChI=1S/C14H20N2O2/c1-10-11(3-2-4-12(10)15)13(18)16-9-14(5-6-14)7-8-17/h2-4,17H,5-9,15H2,1H3,(H,16,18). The summed E-state index contributed by atoms with van der Waals surface area (Å²) >= 11 is 0. The Bertz CT molecular complexity index is 453. The summed E-state index contributed by atoms with van der Waals surface area (Å²) in [5, 5.41) is 11.9. The van der Waals surface area contributed by atoms with E-state index in [1.165, 1.54) is 0 Å². The van der Waals surface area contributed by atoms with Gasteiger partial charge in [-0.3, -0.25) is 4.79 Å². The molecule has 4 nitrogen and oxygen atoms in total. The average Bonchev–Trinajstić information content (AvgIpc) is 3.11. The number of benzene rings is 1. The maximum atomic E-state index is 12.1. The zero-order chi connectivity index (χ0) is 13.2. The van der Waals surface area contributed by atoms with Crippen LogP contribution in [-0.4, -0.2) is 24.2 Å². The second-order valence-corrected chi connectivity index (χ2v) is 5.18. The molecule has 1 aliphatic rings. The van der Waals surface area contributed by atoms with Crippen molar-refractivity contribution in [3.63, 3.8) is 0 Å². The van der Waals surface area contributed by atoms with Crippen LogP contribution in [0.5, 0.6) is 0 Å². The molecule has 0 spiro atoms. The number of hydrogen-bond donors (Lipinski definition) is 3. The molecule has 1 aromatic rings. The van der Waals surface area contributed by atoms with Gasteiger partial charge in [-0.2, -0.15) is 0 Å². The van der Waals surface area contributed by atoms with Gasteiger partial charge in [-0.1, -0.05) is 6.07 Å². The lowest BCUT2D eigenvalue weighted by Crippen LogP contribution is -2.31. The summed E-state index contributed by atoms with van der Waals surface area (Å²) in [6, 6.07) is 5.37. The molecule has 18 heavy (non-hydrogen) atoms. The molecule has 1 saturated carbocycles. The fraction of sp³-hybridized carbons (Fsp3) is 0.500. The first-order valence-electron chi connectivity index (χ1n) is 6.32. The molecule has 0 bridgehead atoms. The van der Waals surface area contributed by atoms with E-state index in [9.17, 15) is 4.79 Å². The van der Waals surface area contributed by atoms with Crippen LogP contribution in [0.25, 0.3) is 0 Å². The lowest BCUT2D eigenvalue weighted by Gasteiger charge is -2.15. The first-order chi connectivity index (χ1) is 8.58. The quantitative estimate of drug-likeness (QED) is 0.691. The first-order valence-corrected chi connectivity index (χ1v) is 6.32. The molecular weight excluding hydrogens is 228 g/mol. The Balaban J connectivity index is 1.98. The third kappa shape index (κ3) is 2.64. The van der Waals surface area contributed by atoms with Crippen LogP contribution >= 0.6 is 0 Å². The number of aliphatic hydroxyl groups is 1. The van der Waals surface area contributed by atoms with Crippen molar-refractivity contribution in [2.45, 2.75) is 26.2 Å². The van der Waals surface area contributed by atoms with Crippen molar-refractivity contribution in [1.82, 2.24) is 5.32 Å². The van der Waals surface area contributed by atoms with Crippen molar-refractivity contribution >= 4 is 11.6 Å². The number of rotatable bonds is 5. The number of nitrogen functional groups attached to an aromatic ring is 1. The van der Waals surface area contributed by atoms with E-state index in [0.717, 1.165) is 24.8 Å². The Hall–Kier alpha value is -1.55. The van der Waals surface area contributed by atoms with Crippen LogP contribution in [0.15, 0.2) is 18.2 Å². The highest BCUT2D eigenvalue weighted by molar-refractivity contribution is 5.96. The van der Waals surface area contributed by atoms with Crippen LogP contribution < -0.4 is 11.1 Å². The van der Waals surface area contributed by atoms with Gasteiger partial charge in [0.05, 0.1) is 0 Å². The largest absolute Gasteiger partial charge is 0.398 e. The molecule has 1 fully saturated rings. The predicted octanol–water partition coefficient (Wildman–Crippen LogP) is 1.47. The molecular formula is C14H20N2O2. The van der Waals surface area contributed by atoms with Gasteiger partial charge in [0.25, 0.3) is 5.91 Å². The molecule has 0 unspecified atom stereocenters. The lowest BCUT2D eigenvalue weighted by atomic mass is 10.0. The number of hydrogen-bond acceptors (Lipinski definition) is 3. The smallest absolute Gasteiger partial charge is 0.251 e. The molecule has 0 saturated heterocycles. The second kappa shape index (κ2) is 4.98. The molecule has 0 heterocycles. The lowest BCUT2D eigenvalue weighted by molar-refractivity contribution is 0.0940. The van der Waals surface area contributed by atoms with Gasteiger partial charge in [-0.05, 0) is 49.3 Å². The maximum Gasteiger partial charge on any atom is 0.251 e. The van der Waals surface area contributed by atoms with Crippen LogP contribution in [0.1, 0.15) is 35.2 Å². The number of nitrogens with two attached hydrogens (primary N) is 1. The second-order valence-electron chi connectivity index (χ2n) is 5.18. The van der Waals surface area contributed by atoms with Crippen LogP contribution in [0.4, 0.5) is 5.69 Å². The summed E-state index contributed by atoms with van der Waals surface area (Å²) in [6.07, 6.45) is 2.94. The Labute approximate surface area is 107 Å². The SMILES string of the molecule is Cc1c(N)cccc1C(=O)NCC1(CCO)CC1. The third-order valence-corrected chi connectivity index (χ3v) is 3.84. The van der Waals surface area contributed by atoms with E-state index in [0.29, 0.717) is 17.8 Å². The number of amides is 1. The van der Waals surface area contributed by atoms with Crippen molar-refractivity contribution < 1.29 is 9.90 Å². The van der Waals surface area contributed by atoms with Gasteiger partial charge >= 0.3 is 0 Å². The average molecular weight is 248 g/mol. The topological polar surface area (TPSA) is 75.4 Å². The van der Waals surface area contributed by atoms with Crippen molar-refractivity contribution in [1.29, 1.82) is 0 Å². The van der Waals surface area contributed by atoms with E-state index in [-0.39, 0.29) is 17.9 Å². The van der Waals surface area contributed by atoms with Gasteiger partial charge in [0, 0.05) is 24.4 Å². The summed E-state index contributed by atoms with van der Waals surface area (Å²) in [4.78, 5) is 12.1. The summed E-state index contributed by atoms with van der Waals surface area (Å²) < 4.78 is 0. The van der Waals surface area contributed by atoms with Gasteiger partial charge in [0.15, 0.2) is 0 Å². The fourth-order valence-corrected chi connectivity index (χ4v) is 2.19. The highest BCUT2D eigenvalue weighted by Gasteiger charge is 2.41. The molecule has 0 atom stereocenters. The zero-order valence-corrected chi connectivity index (χ0v) is 10.7. The summed E-state index contributed by atoms with van der Waals surface area (Å²) in [5.41, 5.74) is 8.02. The van der Waals surface area contributed by atoms with Gasteiger partial charge in [0.1, 0.15) is 0 Å². The number of carbonyl (C=O) groups excluding carboxylic acids is 1. The normalized spacial score (nSPS) is 16.3. The zero-order valence-electron chi connectivity index (χ0n) is 10.7. The van der Waals surface area contributed by atoms with Crippen LogP contribution in [0, 0.1) is 12.3 Å². The molecule has 0 aromatic heterocycles. The number of aliphatic hydroxyl groups excluding tert-OH is 1. The van der Waals surface area contributed by atoms with Gasteiger partial charge in [-0.15, -0.1) is 0 Å². The molecule has 0 aliphatic heterocycles. The van der Waals surface area contributed by atoms with E-state index < -0.39 is 0 Å². The number of carbonyl (C=O) groups is 1. The van der Waals surface area contributed by atoms with Crippen LogP contribution in [0.2, 0.25) is 0 Å². The Morgan fingerprint density at radius 3 is 2.83 bits per heavy atom. The molecule has 0 radical (unpaired) electrons. The molecule has 4 N–H and O–H groups in total. The van der Waals surface area contributed by atoms with Crippen molar-refractivity contribution in [3.8, 4) is 0 Å². The molecule has 1 amide bonds. The number of nitrogens with one attached hydrogen (secondary N) is 1. The molecule has 2 rings (SSSR count). The Morgan fingerprint density at radius 2 is 2.22 bits per heavy atom. The highest BCUT2D eigenvalue weighted by atomic mass is 16.3. The minimum absolute atomic E-state index is 0.0796. The van der Waals surface area contributed by atoms with E-state index in [2.05, 4.69) is 5.32 Å². The number of anilines is 1. The monoisotopic (exact) mass is 248 g/mol. The van der Waals surface area contributed by atoms with E-state index >= 15 is 0 Å². The van der Waals surface area contributed by atoms with E-state index in [4.69, 9.17) is 10.8 Å². The minimum Gasteiger partial charge on any atom is -0.398 e. The van der Waals surface area contributed by atoms with E-state index in [1.54, 1.807) is 18.2 Å². The molecule has 1 aromatic carbocycles. The van der Waals surface area contributed by atoms with Crippen molar-refractivity contribution in [2.24, 2.45) is 5.41 Å². The van der Waals surface area contributed by atoms with Crippen LogP contribution in [-0.2, 0) is 0 Å². The Morgan fingerprint density at radius 1 is 1.50 bits per heavy atom. The van der Waals surface area contributed by atoms with Crippen molar-refractivity contribution in [2.75, 3.05) is 18.9 Å². The van der Waals surface area contributed by atoms with Gasteiger partial charge < -0.3 is 16.2 Å². The summed E-state index contributed by atoms with van der Waals surface area (Å²) in [6.45, 7) is 2.68. The summed E-state index contributed by atoms with van der Waals surface area (Å²) in [5.74, 6) is -0.0796. The van der Waals surface area contributed by atoms with Crippen molar-refractivity contribution in [3.05, 3.63) is 29.3 Å². The van der Waals surface area contributed by atoms with Gasteiger partial charge in [0.2, 0.25) is 0 Å². The highest BCUT2D eigenvalue weighted by Crippen LogP contribution is 2.47. The Kier molecular flexibility index (Phi) is 3.57. The minimum atomic E-state index is -0.0796. The summed E-state index contributed by atoms with van der Waals surface area (Å²) in [7, 11) is 0. The van der Waals surface area contributed by atoms with Gasteiger partial charge in [-0.25, -0.2) is 0 Å².